The summed E-state index contributed by atoms with van der Waals surface area (Å²) in [5.74, 6) is -5.69. The minimum Gasteiger partial charge on any atom is -0.478 e. The van der Waals surface area contributed by atoms with Crippen molar-refractivity contribution in [2.45, 2.75) is 0 Å². The monoisotopic (exact) mass is 354 g/mol. The molecule has 26 heavy (non-hydrogen) atoms. The molecule has 0 radical (unpaired) electrons. The van der Waals surface area contributed by atoms with E-state index < -0.39 is 46.1 Å². The molecule has 8 heteroatoms. The van der Waals surface area contributed by atoms with Gasteiger partial charge in [0.2, 0.25) is 0 Å². The Morgan fingerprint density at radius 2 is 0.885 bits per heavy atom. The molecule has 0 heterocycles. The first-order valence-corrected chi connectivity index (χ1v) is 7.19. The van der Waals surface area contributed by atoms with Gasteiger partial charge in [0.15, 0.2) is 0 Å². The molecule has 3 aromatic rings. The largest absolute Gasteiger partial charge is 0.478 e. The Labute approximate surface area is 144 Å². The molecule has 0 saturated carbocycles. The summed E-state index contributed by atoms with van der Waals surface area (Å²) >= 11 is 0. The number of hydrogen-bond acceptors (Lipinski definition) is 4. The van der Waals surface area contributed by atoms with Gasteiger partial charge in [-0.2, -0.15) is 0 Å². The first-order chi connectivity index (χ1) is 12.2. The highest BCUT2D eigenvalue weighted by Crippen LogP contribution is 2.31. The lowest BCUT2D eigenvalue weighted by molar-refractivity contribution is 0.0653. The number of fused-ring (bicyclic) bond motifs is 2. The lowest BCUT2D eigenvalue weighted by Gasteiger charge is -2.11. The summed E-state index contributed by atoms with van der Waals surface area (Å²) in [5, 5.41) is 38.0. The van der Waals surface area contributed by atoms with E-state index >= 15 is 0 Å². The summed E-state index contributed by atoms with van der Waals surface area (Å²) in [6, 6.07) is 7.62. The van der Waals surface area contributed by atoms with Crippen molar-refractivity contribution in [3.63, 3.8) is 0 Å². The van der Waals surface area contributed by atoms with Gasteiger partial charge in [-0.3, -0.25) is 0 Å². The van der Waals surface area contributed by atoms with Crippen LogP contribution in [-0.2, 0) is 0 Å². The second-order valence-corrected chi connectivity index (χ2v) is 5.49. The zero-order chi connectivity index (χ0) is 19.2. The summed E-state index contributed by atoms with van der Waals surface area (Å²) in [5.41, 5.74) is -1.64. The van der Waals surface area contributed by atoms with Crippen LogP contribution in [0.2, 0.25) is 0 Å². The molecule has 3 aromatic carbocycles. The molecule has 0 bridgehead atoms. The van der Waals surface area contributed by atoms with Crippen LogP contribution in [0.3, 0.4) is 0 Å². The van der Waals surface area contributed by atoms with Crippen LogP contribution in [0.4, 0.5) is 0 Å². The molecule has 0 aliphatic rings. The first kappa shape index (κ1) is 16.9. The molecule has 0 aromatic heterocycles. The van der Waals surface area contributed by atoms with Gasteiger partial charge < -0.3 is 20.4 Å². The van der Waals surface area contributed by atoms with Crippen molar-refractivity contribution in [1.82, 2.24) is 0 Å². The van der Waals surface area contributed by atoms with E-state index in [1.165, 1.54) is 24.3 Å². The first-order valence-electron chi connectivity index (χ1n) is 7.19. The van der Waals surface area contributed by atoms with Crippen LogP contribution in [0.5, 0.6) is 0 Å². The van der Waals surface area contributed by atoms with Gasteiger partial charge in [0.25, 0.3) is 0 Å². The summed E-state index contributed by atoms with van der Waals surface area (Å²) in [6.07, 6.45) is 0. The lowest BCUT2D eigenvalue weighted by atomic mass is 9.92. The average molecular weight is 354 g/mol. The zero-order valence-corrected chi connectivity index (χ0v) is 12.9. The molecule has 0 atom stereocenters. The molecule has 0 amide bonds. The van der Waals surface area contributed by atoms with Crippen molar-refractivity contribution in [3.05, 3.63) is 58.7 Å². The molecule has 8 nitrogen and oxygen atoms in total. The number of carbonyl (C=O) groups is 4. The zero-order valence-electron chi connectivity index (χ0n) is 12.9. The van der Waals surface area contributed by atoms with Gasteiger partial charge in [-0.25, -0.2) is 19.2 Å². The van der Waals surface area contributed by atoms with Crippen LogP contribution in [-0.4, -0.2) is 44.3 Å². The van der Waals surface area contributed by atoms with E-state index in [2.05, 4.69) is 0 Å². The van der Waals surface area contributed by atoms with Crippen molar-refractivity contribution < 1.29 is 39.6 Å². The van der Waals surface area contributed by atoms with Crippen molar-refractivity contribution >= 4 is 45.4 Å². The van der Waals surface area contributed by atoms with Crippen LogP contribution in [0.15, 0.2) is 36.4 Å². The number of aromatic carboxylic acids is 4. The molecule has 0 aliphatic carbocycles. The number of rotatable bonds is 4. The van der Waals surface area contributed by atoms with E-state index in [9.17, 15) is 39.6 Å². The van der Waals surface area contributed by atoms with Crippen molar-refractivity contribution in [3.8, 4) is 0 Å². The van der Waals surface area contributed by atoms with Crippen molar-refractivity contribution in [1.29, 1.82) is 0 Å². The Balaban J connectivity index is 2.51. The predicted molar refractivity (Wildman–Crippen MR) is 89.3 cm³/mol. The number of benzene rings is 3. The Morgan fingerprint density at radius 3 is 1.15 bits per heavy atom. The standard InChI is InChI=1S/C18H10O8/c19-15(20)9-3-1-7-5-12-8(6-11(7)13(9)17(23)24)2-4-10(16(21)22)14(12)18(25)26/h1-6H,(H,19,20)(H,21,22)(H,23,24)(H,25,26). The van der Waals surface area contributed by atoms with Crippen LogP contribution in [0.1, 0.15) is 41.4 Å². The van der Waals surface area contributed by atoms with Gasteiger partial charge in [0, 0.05) is 0 Å². The third-order valence-corrected chi connectivity index (χ3v) is 4.05. The molecule has 130 valence electrons. The van der Waals surface area contributed by atoms with E-state index in [4.69, 9.17) is 0 Å². The fourth-order valence-corrected chi connectivity index (χ4v) is 2.96. The molecule has 0 fully saturated rings. The van der Waals surface area contributed by atoms with Crippen LogP contribution >= 0.6 is 0 Å². The molecule has 4 N–H and O–H groups in total. The Bertz CT molecular complexity index is 1050. The second-order valence-electron chi connectivity index (χ2n) is 5.49. The van der Waals surface area contributed by atoms with Gasteiger partial charge in [-0.15, -0.1) is 0 Å². The van der Waals surface area contributed by atoms with Crippen LogP contribution in [0.25, 0.3) is 21.5 Å². The van der Waals surface area contributed by atoms with Gasteiger partial charge in [-0.05, 0) is 45.8 Å². The topological polar surface area (TPSA) is 149 Å². The van der Waals surface area contributed by atoms with E-state index in [0.29, 0.717) is 0 Å². The van der Waals surface area contributed by atoms with Gasteiger partial charge >= 0.3 is 23.9 Å². The van der Waals surface area contributed by atoms with E-state index in [-0.39, 0.29) is 21.5 Å². The molecular formula is C18H10O8. The highest BCUT2D eigenvalue weighted by Gasteiger charge is 2.23. The molecule has 0 saturated heterocycles. The van der Waals surface area contributed by atoms with E-state index in [1.54, 1.807) is 0 Å². The highest BCUT2D eigenvalue weighted by atomic mass is 16.4. The average Bonchev–Trinajstić information content (AvgIpc) is 2.56. The molecule has 0 aliphatic heterocycles. The normalized spacial score (nSPS) is 10.8. The maximum Gasteiger partial charge on any atom is 0.337 e. The maximum atomic E-state index is 11.6. The van der Waals surface area contributed by atoms with Crippen LogP contribution < -0.4 is 0 Å². The molecule has 0 spiro atoms. The molecule has 3 rings (SSSR count). The summed E-state index contributed by atoms with van der Waals surface area (Å²) in [4.78, 5) is 45.7. The third-order valence-electron chi connectivity index (χ3n) is 4.05. The third kappa shape index (κ3) is 2.49. The Morgan fingerprint density at radius 1 is 0.538 bits per heavy atom. The smallest absolute Gasteiger partial charge is 0.337 e. The highest BCUT2D eigenvalue weighted by molar-refractivity contribution is 6.18. The summed E-state index contributed by atoms with van der Waals surface area (Å²) < 4.78 is 0. The fourth-order valence-electron chi connectivity index (χ4n) is 2.96. The van der Waals surface area contributed by atoms with Crippen molar-refractivity contribution in [2.24, 2.45) is 0 Å². The van der Waals surface area contributed by atoms with Gasteiger partial charge in [-0.1, -0.05) is 12.1 Å². The number of carboxylic acid groups (broad SMARTS) is 4. The molecular weight excluding hydrogens is 344 g/mol. The maximum absolute atomic E-state index is 11.6. The number of hydrogen-bond donors (Lipinski definition) is 4. The van der Waals surface area contributed by atoms with Crippen molar-refractivity contribution in [2.75, 3.05) is 0 Å². The number of carboxylic acids is 4. The summed E-state index contributed by atoms with van der Waals surface area (Å²) in [7, 11) is 0. The van der Waals surface area contributed by atoms with E-state index in [0.717, 1.165) is 12.1 Å². The second kappa shape index (κ2) is 5.85. The summed E-state index contributed by atoms with van der Waals surface area (Å²) in [6.45, 7) is 0. The van der Waals surface area contributed by atoms with E-state index in [1.807, 2.05) is 0 Å². The molecule has 0 unspecified atom stereocenters. The minimum absolute atomic E-state index is 0.115. The quantitative estimate of drug-likeness (QED) is 0.522. The van der Waals surface area contributed by atoms with Gasteiger partial charge in [0.1, 0.15) is 0 Å². The fraction of sp³-hybridized carbons (Fsp3) is 0. The van der Waals surface area contributed by atoms with Gasteiger partial charge in [0.05, 0.1) is 22.3 Å². The lowest BCUT2D eigenvalue weighted by Crippen LogP contribution is -2.10. The predicted octanol–water partition coefficient (Wildman–Crippen LogP) is 2.79. The Kier molecular flexibility index (Phi) is 3.80. The minimum atomic E-state index is -1.44. The van der Waals surface area contributed by atoms with Crippen LogP contribution in [0, 0.1) is 0 Å². The Hall–Kier alpha value is -3.94. The SMILES string of the molecule is O=C(O)c1ccc2cc3c(C(=O)O)c(C(=O)O)ccc3cc2c1C(=O)O.